The van der Waals surface area contributed by atoms with E-state index in [0.29, 0.717) is 12.2 Å². The molecule has 23 heavy (non-hydrogen) atoms. The van der Waals surface area contributed by atoms with Crippen molar-refractivity contribution in [2.24, 2.45) is 0 Å². The molecule has 1 saturated heterocycles. The van der Waals surface area contributed by atoms with Gasteiger partial charge in [-0.15, -0.1) is 11.3 Å². The first kappa shape index (κ1) is 15.6. The van der Waals surface area contributed by atoms with E-state index in [0.717, 1.165) is 30.6 Å². The van der Waals surface area contributed by atoms with Crippen LogP contribution in [0.2, 0.25) is 0 Å². The summed E-state index contributed by atoms with van der Waals surface area (Å²) >= 11 is 1.43. The molecule has 2 aromatic rings. The first-order valence-electron chi connectivity index (χ1n) is 7.53. The molecule has 1 atom stereocenters. The Morgan fingerprint density at radius 3 is 3.04 bits per heavy atom. The first-order chi connectivity index (χ1) is 11.1. The molecule has 1 fully saturated rings. The number of carbonyl (C=O) groups is 2. The summed E-state index contributed by atoms with van der Waals surface area (Å²) in [6, 6.07) is 3.95. The molecule has 0 saturated carbocycles. The maximum absolute atomic E-state index is 12.6. The van der Waals surface area contributed by atoms with E-state index in [1.165, 1.54) is 18.3 Å². The average molecular weight is 330 g/mol. The van der Waals surface area contributed by atoms with Gasteiger partial charge in [-0.25, -0.2) is 4.98 Å². The first-order valence-corrected chi connectivity index (χ1v) is 8.48. The number of amides is 2. The predicted molar refractivity (Wildman–Crippen MR) is 86.9 cm³/mol. The van der Waals surface area contributed by atoms with E-state index in [4.69, 9.17) is 0 Å². The molecule has 6 nitrogen and oxygen atoms in total. The van der Waals surface area contributed by atoms with Crippen LogP contribution in [0.3, 0.4) is 0 Å². The Hall–Kier alpha value is -2.28. The van der Waals surface area contributed by atoms with Gasteiger partial charge in [0.15, 0.2) is 0 Å². The summed E-state index contributed by atoms with van der Waals surface area (Å²) in [5, 5.41) is 4.53. The van der Waals surface area contributed by atoms with Crippen LogP contribution in [0.4, 0.5) is 0 Å². The summed E-state index contributed by atoms with van der Waals surface area (Å²) in [4.78, 5) is 33.9. The van der Waals surface area contributed by atoms with Crippen molar-refractivity contribution in [1.29, 1.82) is 0 Å². The van der Waals surface area contributed by atoms with E-state index in [1.54, 1.807) is 17.1 Å². The van der Waals surface area contributed by atoms with Gasteiger partial charge in [-0.1, -0.05) is 0 Å². The molecule has 120 valence electrons. The van der Waals surface area contributed by atoms with Gasteiger partial charge in [0.1, 0.15) is 5.69 Å². The standard InChI is InChI=1S/C16H18N4O2S/c1-11(21)18-8-13-7-12(4-5-17-13)15-3-2-6-20(15)16(22)14-9-23-10-19-14/h4-5,7,9-10,15H,2-3,6,8H2,1H3,(H,18,21)/t15-/m0/s1. The topological polar surface area (TPSA) is 75.2 Å². The van der Waals surface area contributed by atoms with Crippen molar-refractivity contribution < 1.29 is 9.59 Å². The van der Waals surface area contributed by atoms with Gasteiger partial charge in [-0.2, -0.15) is 0 Å². The molecule has 1 aliphatic rings. The van der Waals surface area contributed by atoms with Crippen molar-refractivity contribution in [3.8, 4) is 0 Å². The highest BCUT2D eigenvalue weighted by Gasteiger charge is 2.31. The summed E-state index contributed by atoms with van der Waals surface area (Å²) in [6.45, 7) is 2.62. The Morgan fingerprint density at radius 2 is 2.30 bits per heavy atom. The number of nitrogens with zero attached hydrogens (tertiary/aromatic N) is 3. The lowest BCUT2D eigenvalue weighted by molar-refractivity contribution is -0.119. The lowest BCUT2D eigenvalue weighted by Crippen LogP contribution is -2.31. The van der Waals surface area contributed by atoms with Crippen molar-refractivity contribution in [1.82, 2.24) is 20.2 Å². The van der Waals surface area contributed by atoms with Crippen LogP contribution in [0, 0.1) is 0 Å². The third-order valence-corrected chi connectivity index (χ3v) is 4.50. The SMILES string of the molecule is CC(=O)NCc1cc([C@@H]2CCCN2C(=O)c2cscn2)ccn1. The Labute approximate surface area is 138 Å². The molecule has 3 heterocycles. The van der Waals surface area contributed by atoms with Crippen LogP contribution in [0.5, 0.6) is 0 Å². The zero-order valence-corrected chi connectivity index (χ0v) is 13.7. The molecule has 1 aliphatic heterocycles. The van der Waals surface area contributed by atoms with Crippen LogP contribution in [0.25, 0.3) is 0 Å². The van der Waals surface area contributed by atoms with Crippen LogP contribution in [0.15, 0.2) is 29.2 Å². The Kier molecular flexibility index (Phi) is 4.66. The fraction of sp³-hybridized carbons (Fsp3) is 0.375. The normalized spacial score (nSPS) is 17.3. The third-order valence-electron chi connectivity index (χ3n) is 3.91. The van der Waals surface area contributed by atoms with Crippen molar-refractivity contribution in [3.05, 3.63) is 46.2 Å². The van der Waals surface area contributed by atoms with Gasteiger partial charge in [0, 0.05) is 25.0 Å². The van der Waals surface area contributed by atoms with Crippen LogP contribution in [-0.2, 0) is 11.3 Å². The molecule has 0 radical (unpaired) electrons. The predicted octanol–water partition coefficient (Wildman–Crippen LogP) is 2.15. The second-order valence-corrected chi connectivity index (χ2v) is 6.24. The van der Waals surface area contributed by atoms with E-state index in [1.807, 2.05) is 17.0 Å². The second-order valence-electron chi connectivity index (χ2n) is 5.52. The van der Waals surface area contributed by atoms with Crippen LogP contribution in [-0.4, -0.2) is 33.2 Å². The molecule has 0 spiro atoms. The van der Waals surface area contributed by atoms with E-state index in [-0.39, 0.29) is 17.9 Å². The molecule has 0 aliphatic carbocycles. The van der Waals surface area contributed by atoms with Gasteiger partial charge in [-0.05, 0) is 30.5 Å². The number of hydrogen-bond donors (Lipinski definition) is 1. The fourth-order valence-corrected chi connectivity index (χ4v) is 3.36. The van der Waals surface area contributed by atoms with E-state index >= 15 is 0 Å². The molecule has 2 aromatic heterocycles. The minimum absolute atomic E-state index is 0.0195. The molecule has 0 bridgehead atoms. The van der Waals surface area contributed by atoms with E-state index in [9.17, 15) is 9.59 Å². The highest BCUT2D eigenvalue weighted by Crippen LogP contribution is 2.33. The second kappa shape index (κ2) is 6.87. The van der Waals surface area contributed by atoms with Gasteiger partial charge < -0.3 is 10.2 Å². The number of thiazole rings is 1. The molecular weight excluding hydrogens is 312 g/mol. The van der Waals surface area contributed by atoms with Gasteiger partial charge in [-0.3, -0.25) is 14.6 Å². The third kappa shape index (κ3) is 3.56. The lowest BCUT2D eigenvalue weighted by atomic mass is 10.0. The lowest BCUT2D eigenvalue weighted by Gasteiger charge is -2.24. The van der Waals surface area contributed by atoms with Crippen molar-refractivity contribution >= 4 is 23.2 Å². The highest BCUT2D eigenvalue weighted by molar-refractivity contribution is 7.07. The highest BCUT2D eigenvalue weighted by atomic mass is 32.1. The van der Waals surface area contributed by atoms with Crippen molar-refractivity contribution in [2.45, 2.75) is 32.4 Å². The number of pyridine rings is 1. The number of hydrogen-bond acceptors (Lipinski definition) is 5. The van der Waals surface area contributed by atoms with Crippen LogP contribution >= 0.6 is 11.3 Å². The molecule has 0 unspecified atom stereocenters. The summed E-state index contributed by atoms with van der Waals surface area (Å²) in [6.07, 6.45) is 3.64. The van der Waals surface area contributed by atoms with Crippen molar-refractivity contribution in [2.75, 3.05) is 6.54 Å². The number of carbonyl (C=O) groups excluding carboxylic acids is 2. The van der Waals surface area contributed by atoms with Gasteiger partial charge in [0.05, 0.1) is 23.8 Å². The molecule has 3 rings (SSSR count). The summed E-state index contributed by atoms with van der Waals surface area (Å²) in [5.41, 5.74) is 4.04. The molecular formula is C16H18N4O2S. The molecule has 0 aromatic carbocycles. The number of nitrogens with one attached hydrogen (secondary N) is 1. The number of rotatable bonds is 4. The Balaban J connectivity index is 1.78. The number of aromatic nitrogens is 2. The van der Waals surface area contributed by atoms with E-state index < -0.39 is 0 Å². The zero-order chi connectivity index (χ0) is 16.2. The van der Waals surface area contributed by atoms with Gasteiger partial charge >= 0.3 is 0 Å². The average Bonchev–Trinajstić information content (AvgIpc) is 3.23. The van der Waals surface area contributed by atoms with Crippen LogP contribution in [0.1, 0.15) is 47.6 Å². The van der Waals surface area contributed by atoms with Gasteiger partial charge in [0.25, 0.3) is 5.91 Å². The number of likely N-dealkylation sites (tertiary alicyclic amines) is 1. The summed E-state index contributed by atoms with van der Waals surface area (Å²) in [5.74, 6) is -0.104. The minimum Gasteiger partial charge on any atom is -0.351 e. The molecule has 2 amide bonds. The largest absolute Gasteiger partial charge is 0.351 e. The zero-order valence-electron chi connectivity index (χ0n) is 12.9. The molecule has 1 N–H and O–H groups in total. The van der Waals surface area contributed by atoms with Crippen molar-refractivity contribution in [3.63, 3.8) is 0 Å². The molecule has 7 heteroatoms. The summed E-state index contributed by atoms with van der Waals surface area (Å²) in [7, 11) is 0. The quantitative estimate of drug-likeness (QED) is 0.932. The maximum Gasteiger partial charge on any atom is 0.273 e. The maximum atomic E-state index is 12.6. The van der Waals surface area contributed by atoms with Crippen LogP contribution < -0.4 is 5.32 Å². The summed E-state index contributed by atoms with van der Waals surface area (Å²) < 4.78 is 0. The minimum atomic E-state index is -0.0848. The Morgan fingerprint density at radius 1 is 1.43 bits per heavy atom. The van der Waals surface area contributed by atoms with E-state index in [2.05, 4.69) is 15.3 Å². The fourth-order valence-electron chi connectivity index (χ4n) is 2.84. The monoisotopic (exact) mass is 330 g/mol. The Bertz CT molecular complexity index is 702. The smallest absolute Gasteiger partial charge is 0.273 e. The van der Waals surface area contributed by atoms with Gasteiger partial charge in [0.2, 0.25) is 5.91 Å².